The summed E-state index contributed by atoms with van der Waals surface area (Å²) in [6.45, 7) is 0. The largest absolute Gasteiger partial charge is 0.434 e. The molecule has 1 heterocycles. The Morgan fingerprint density at radius 3 is 3.00 bits per heavy atom. The second-order valence-corrected chi connectivity index (χ2v) is 3.11. The predicted octanol–water partition coefficient (Wildman–Crippen LogP) is 2.40. The number of aromatic nitrogens is 1. The van der Waals surface area contributed by atoms with E-state index >= 15 is 0 Å². The molecule has 0 atom stereocenters. The number of halogens is 1. The van der Waals surface area contributed by atoms with E-state index in [9.17, 15) is 4.79 Å². The number of oxazole rings is 1. The molecule has 0 saturated heterocycles. The Bertz CT molecular complexity index is 436. The van der Waals surface area contributed by atoms with Crippen LogP contribution in [-0.2, 0) is 0 Å². The van der Waals surface area contributed by atoms with E-state index in [4.69, 9.17) is 4.42 Å². The Morgan fingerprint density at radius 2 is 2.33 bits per heavy atom. The summed E-state index contributed by atoms with van der Waals surface area (Å²) < 4.78 is 5.92. The molecule has 1 aromatic carbocycles. The number of carbonyl (C=O) groups excluding carboxylic acids is 1. The van der Waals surface area contributed by atoms with Crippen LogP contribution < -0.4 is 0 Å². The molecule has 0 aliphatic heterocycles. The zero-order chi connectivity index (χ0) is 8.55. The van der Waals surface area contributed by atoms with Gasteiger partial charge in [0, 0.05) is 4.47 Å². The quantitative estimate of drug-likeness (QED) is 0.701. The molecule has 0 aliphatic carbocycles. The van der Waals surface area contributed by atoms with Crippen molar-refractivity contribution in [3.05, 3.63) is 28.6 Å². The third kappa shape index (κ3) is 1.04. The van der Waals surface area contributed by atoms with Crippen molar-refractivity contribution >= 4 is 33.3 Å². The number of hydrogen-bond donors (Lipinski definition) is 0. The van der Waals surface area contributed by atoms with Crippen molar-refractivity contribution in [3.8, 4) is 0 Å². The van der Waals surface area contributed by atoms with Gasteiger partial charge in [0.1, 0.15) is 5.52 Å². The Kier molecular flexibility index (Phi) is 1.69. The van der Waals surface area contributed by atoms with Crippen LogP contribution in [0, 0.1) is 0 Å². The van der Waals surface area contributed by atoms with Gasteiger partial charge in [-0.05, 0) is 28.1 Å². The minimum atomic E-state index is 0.108. The van der Waals surface area contributed by atoms with E-state index in [0.717, 1.165) is 4.47 Å². The van der Waals surface area contributed by atoms with E-state index in [1.165, 1.54) is 0 Å². The fourth-order valence-corrected chi connectivity index (χ4v) is 1.42. The summed E-state index contributed by atoms with van der Waals surface area (Å²) in [6.07, 6.45) is 0.590. The zero-order valence-corrected chi connectivity index (χ0v) is 7.54. The van der Waals surface area contributed by atoms with Crippen molar-refractivity contribution in [2.45, 2.75) is 0 Å². The topological polar surface area (TPSA) is 43.1 Å². The summed E-state index contributed by atoms with van der Waals surface area (Å²) in [4.78, 5) is 14.3. The van der Waals surface area contributed by atoms with Crippen LogP contribution in [0.3, 0.4) is 0 Å². The van der Waals surface area contributed by atoms with Crippen LogP contribution in [0.5, 0.6) is 0 Å². The van der Waals surface area contributed by atoms with Crippen LogP contribution in [0.25, 0.3) is 11.1 Å². The van der Waals surface area contributed by atoms with Crippen molar-refractivity contribution in [1.29, 1.82) is 0 Å². The number of rotatable bonds is 1. The summed E-state index contributed by atoms with van der Waals surface area (Å²) in [5.41, 5.74) is 1.30. The number of hydrogen-bond acceptors (Lipinski definition) is 3. The van der Waals surface area contributed by atoms with Gasteiger partial charge < -0.3 is 4.42 Å². The fraction of sp³-hybridized carbons (Fsp3) is 0. The van der Waals surface area contributed by atoms with Gasteiger partial charge in [0.2, 0.25) is 6.29 Å². The van der Waals surface area contributed by atoms with Crippen LogP contribution in [-0.4, -0.2) is 11.3 Å². The SMILES string of the molecule is O=Cc1nc2c(Br)cccc2o1. The third-order valence-electron chi connectivity index (χ3n) is 1.49. The van der Waals surface area contributed by atoms with E-state index in [1.807, 2.05) is 12.1 Å². The number of nitrogens with zero attached hydrogens (tertiary/aromatic N) is 1. The molecule has 1 aromatic heterocycles. The van der Waals surface area contributed by atoms with Crippen molar-refractivity contribution in [2.24, 2.45) is 0 Å². The van der Waals surface area contributed by atoms with Gasteiger partial charge in [-0.25, -0.2) is 4.98 Å². The molecule has 0 fully saturated rings. The van der Waals surface area contributed by atoms with E-state index in [1.54, 1.807) is 6.07 Å². The Morgan fingerprint density at radius 1 is 1.50 bits per heavy atom. The summed E-state index contributed by atoms with van der Waals surface area (Å²) in [5, 5.41) is 0. The number of para-hydroxylation sites is 1. The van der Waals surface area contributed by atoms with Gasteiger partial charge in [0.15, 0.2) is 5.58 Å². The van der Waals surface area contributed by atoms with Gasteiger partial charge in [0.05, 0.1) is 0 Å². The van der Waals surface area contributed by atoms with Crippen LogP contribution in [0.1, 0.15) is 10.7 Å². The van der Waals surface area contributed by atoms with Gasteiger partial charge in [-0.3, -0.25) is 4.79 Å². The Hall–Kier alpha value is -1.16. The van der Waals surface area contributed by atoms with Gasteiger partial charge in [0.25, 0.3) is 5.89 Å². The van der Waals surface area contributed by atoms with E-state index in [2.05, 4.69) is 20.9 Å². The number of benzene rings is 1. The first kappa shape index (κ1) is 7.49. The molecule has 12 heavy (non-hydrogen) atoms. The molecule has 4 heteroatoms. The first-order valence-corrected chi connectivity index (χ1v) is 4.11. The molecule has 0 spiro atoms. The first-order valence-electron chi connectivity index (χ1n) is 3.31. The van der Waals surface area contributed by atoms with Crippen molar-refractivity contribution in [3.63, 3.8) is 0 Å². The maximum atomic E-state index is 10.3. The maximum Gasteiger partial charge on any atom is 0.260 e. The second-order valence-electron chi connectivity index (χ2n) is 2.26. The minimum Gasteiger partial charge on any atom is -0.434 e. The van der Waals surface area contributed by atoms with Crippen LogP contribution in [0.2, 0.25) is 0 Å². The highest BCUT2D eigenvalue weighted by atomic mass is 79.9. The zero-order valence-electron chi connectivity index (χ0n) is 5.95. The van der Waals surface area contributed by atoms with Crippen LogP contribution >= 0.6 is 15.9 Å². The molecule has 0 unspecified atom stereocenters. The summed E-state index contributed by atoms with van der Waals surface area (Å²) in [5.74, 6) is 0.108. The van der Waals surface area contributed by atoms with Crippen LogP contribution in [0.4, 0.5) is 0 Å². The number of carbonyl (C=O) groups is 1. The average Bonchev–Trinajstić information content (AvgIpc) is 2.49. The first-order chi connectivity index (χ1) is 5.81. The monoisotopic (exact) mass is 225 g/mol. The fourth-order valence-electron chi connectivity index (χ4n) is 0.982. The molecule has 3 nitrogen and oxygen atoms in total. The molecular formula is C8H4BrNO2. The molecule has 0 saturated carbocycles. The summed E-state index contributed by atoms with van der Waals surface area (Å²) in [6, 6.07) is 5.44. The number of fused-ring (bicyclic) bond motifs is 1. The molecule has 0 bridgehead atoms. The highest BCUT2D eigenvalue weighted by Crippen LogP contribution is 2.22. The third-order valence-corrected chi connectivity index (χ3v) is 2.13. The lowest BCUT2D eigenvalue weighted by Crippen LogP contribution is -1.75. The molecule has 0 amide bonds. The lowest BCUT2D eigenvalue weighted by molar-refractivity contribution is 0.109. The van der Waals surface area contributed by atoms with Gasteiger partial charge in [-0.2, -0.15) is 0 Å². The van der Waals surface area contributed by atoms with Crippen molar-refractivity contribution < 1.29 is 9.21 Å². The highest BCUT2D eigenvalue weighted by molar-refractivity contribution is 9.10. The predicted molar refractivity (Wildman–Crippen MR) is 47.1 cm³/mol. The van der Waals surface area contributed by atoms with Gasteiger partial charge in [-0.15, -0.1) is 0 Å². The molecule has 60 valence electrons. The molecule has 0 N–H and O–H groups in total. The molecule has 2 aromatic rings. The molecule has 2 rings (SSSR count). The van der Waals surface area contributed by atoms with Crippen molar-refractivity contribution in [1.82, 2.24) is 4.98 Å². The maximum absolute atomic E-state index is 10.3. The lowest BCUT2D eigenvalue weighted by atomic mass is 10.3. The molecule has 0 radical (unpaired) electrons. The molecular weight excluding hydrogens is 222 g/mol. The normalized spacial score (nSPS) is 10.4. The highest BCUT2D eigenvalue weighted by Gasteiger charge is 2.06. The Balaban J connectivity index is 2.82. The van der Waals surface area contributed by atoms with E-state index < -0.39 is 0 Å². The average molecular weight is 226 g/mol. The van der Waals surface area contributed by atoms with Gasteiger partial charge in [-0.1, -0.05) is 6.07 Å². The van der Waals surface area contributed by atoms with Gasteiger partial charge >= 0.3 is 0 Å². The second kappa shape index (κ2) is 2.71. The Labute approximate surface area is 76.5 Å². The minimum absolute atomic E-state index is 0.108. The summed E-state index contributed by atoms with van der Waals surface area (Å²) >= 11 is 3.30. The van der Waals surface area contributed by atoms with E-state index in [0.29, 0.717) is 17.4 Å². The summed E-state index contributed by atoms with van der Waals surface area (Å²) in [7, 11) is 0. The van der Waals surface area contributed by atoms with E-state index in [-0.39, 0.29) is 5.89 Å². The number of aldehydes is 1. The smallest absolute Gasteiger partial charge is 0.260 e. The van der Waals surface area contributed by atoms with Crippen LogP contribution in [0.15, 0.2) is 27.1 Å². The standard InChI is InChI=1S/C8H4BrNO2/c9-5-2-1-3-6-8(5)10-7(4-11)12-6/h1-4H. The van der Waals surface area contributed by atoms with Crippen molar-refractivity contribution in [2.75, 3.05) is 0 Å². The lowest BCUT2D eigenvalue weighted by Gasteiger charge is -1.86. The molecule has 0 aliphatic rings.